The Kier molecular flexibility index (Phi) is 4.65. The van der Waals surface area contributed by atoms with Gasteiger partial charge in [0.2, 0.25) is 11.8 Å². The van der Waals surface area contributed by atoms with E-state index in [9.17, 15) is 9.59 Å². The highest BCUT2D eigenvalue weighted by molar-refractivity contribution is 5.94. The number of nitrogens with one attached hydrogen (secondary N) is 2. The van der Waals surface area contributed by atoms with Gasteiger partial charge in [-0.15, -0.1) is 0 Å². The lowest BCUT2D eigenvalue weighted by Crippen LogP contribution is -2.36. The van der Waals surface area contributed by atoms with E-state index in [0.29, 0.717) is 5.82 Å². The highest BCUT2D eigenvalue weighted by Crippen LogP contribution is 2.12. The Hall–Kier alpha value is -1.89. The van der Waals surface area contributed by atoms with Crippen molar-refractivity contribution in [3.05, 3.63) is 12.3 Å². The van der Waals surface area contributed by atoms with Gasteiger partial charge in [-0.1, -0.05) is 0 Å². The van der Waals surface area contributed by atoms with Gasteiger partial charge in [0.15, 0.2) is 0 Å². The number of nitrogens with two attached hydrogens (primary N) is 1. The Balaban J connectivity index is 2.50. The number of carbonyl (C=O) groups excluding carboxylic acids is 2. The van der Waals surface area contributed by atoms with Crippen molar-refractivity contribution in [3.63, 3.8) is 0 Å². The highest BCUT2D eigenvalue weighted by atomic mass is 16.2. The summed E-state index contributed by atoms with van der Waals surface area (Å²) in [5, 5.41) is 9.12. The molecule has 2 amide bonds. The van der Waals surface area contributed by atoms with Crippen LogP contribution in [0.3, 0.4) is 0 Å². The van der Waals surface area contributed by atoms with Crippen LogP contribution < -0.4 is 16.4 Å². The zero-order valence-corrected chi connectivity index (χ0v) is 9.93. The van der Waals surface area contributed by atoms with Gasteiger partial charge in [0.05, 0.1) is 19.3 Å². The highest BCUT2D eigenvalue weighted by Gasteiger charge is 2.09. The molecule has 0 radical (unpaired) electrons. The number of rotatable bonds is 5. The summed E-state index contributed by atoms with van der Waals surface area (Å²) in [5.41, 5.74) is 5.10. The maximum absolute atomic E-state index is 11.5. The second kappa shape index (κ2) is 6.00. The van der Waals surface area contributed by atoms with Crippen LogP contribution in [0.2, 0.25) is 0 Å². The van der Waals surface area contributed by atoms with Crippen molar-refractivity contribution in [2.24, 2.45) is 5.73 Å². The summed E-state index contributed by atoms with van der Waals surface area (Å²) in [5.74, 6) is -0.0706. The first-order valence-corrected chi connectivity index (χ1v) is 5.34. The van der Waals surface area contributed by atoms with E-state index in [-0.39, 0.29) is 30.9 Å². The molecule has 7 nitrogen and oxygen atoms in total. The molecular formula is C10H17N5O2. The Morgan fingerprint density at radius 3 is 2.76 bits per heavy atom. The zero-order valence-electron chi connectivity index (χ0n) is 9.93. The average Bonchev–Trinajstić information content (AvgIpc) is 2.74. The summed E-state index contributed by atoms with van der Waals surface area (Å²) in [7, 11) is 0. The van der Waals surface area contributed by atoms with Crippen molar-refractivity contribution in [2.45, 2.75) is 19.9 Å². The zero-order chi connectivity index (χ0) is 12.8. The Bertz CT molecular complexity index is 399. The summed E-state index contributed by atoms with van der Waals surface area (Å²) < 4.78 is 1.68. The molecule has 0 aliphatic rings. The number of anilines is 1. The van der Waals surface area contributed by atoms with Crippen LogP contribution in [0.25, 0.3) is 0 Å². The van der Waals surface area contributed by atoms with E-state index < -0.39 is 0 Å². The maximum Gasteiger partial charge on any atom is 0.244 e. The van der Waals surface area contributed by atoms with E-state index in [1.54, 1.807) is 16.9 Å². The fourth-order valence-electron chi connectivity index (χ4n) is 1.26. The van der Waals surface area contributed by atoms with Gasteiger partial charge in [-0.25, -0.2) is 4.68 Å². The molecule has 1 aromatic rings. The third-order valence-corrected chi connectivity index (χ3v) is 2.06. The molecule has 0 spiro atoms. The standard InChI is InChI=1S/C10H17N5O2/c1-7(2)15-8(3-4-13-15)14-10(17)6-12-9(16)5-11/h3-4,7H,5-6,11H2,1-2H3,(H,12,16)(H,14,17). The number of hydrogen-bond donors (Lipinski definition) is 3. The Labute approximate surface area is 99.4 Å². The lowest BCUT2D eigenvalue weighted by Gasteiger charge is -2.11. The fourth-order valence-corrected chi connectivity index (χ4v) is 1.26. The third kappa shape index (κ3) is 3.87. The molecule has 1 aromatic heterocycles. The smallest absolute Gasteiger partial charge is 0.244 e. The first-order chi connectivity index (χ1) is 8.04. The van der Waals surface area contributed by atoms with Crippen LogP contribution in [-0.4, -0.2) is 34.7 Å². The summed E-state index contributed by atoms with van der Waals surface area (Å²) in [6.45, 7) is 3.69. The van der Waals surface area contributed by atoms with Crippen LogP contribution in [-0.2, 0) is 9.59 Å². The summed E-state index contributed by atoms with van der Waals surface area (Å²) >= 11 is 0. The van der Waals surface area contributed by atoms with Gasteiger partial charge in [-0.3, -0.25) is 9.59 Å². The molecule has 4 N–H and O–H groups in total. The maximum atomic E-state index is 11.5. The second-order valence-corrected chi connectivity index (χ2v) is 3.78. The van der Waals surface area contributed by atoms with E-state index in [2.05, 4.69) is 15.7 Å². The molecule has 0 saturated heterocycles. The predicted octanol–water partition coefficient (Wildman–Crippen LogP) is -0.523. The molecule has 0 saturated carbocycles. The Morgan fingerprint density at radius 2 is 2.18 bits per heavy atom. The lowest BCUT2D eigenvalue weighted by molar-refractivity contribution is -0.123. The molecule has 94 valence electrons. The van der Waals surface area contributed by atoms with Gasteiger partial charge >= 0.3 is 0 Å². The minimum absolute atomic E-state index is 0.0979. The quantitative estimate of drug-likeness (QED) is 0.643. The molecule has 0 fully saturated rings. The van der Waals surface area contributed by atoms with Crippen molar-refractivity contribution >= 4 is 17.6 Å². The minimum Gasteiger partial charge on any atom is -0.346 e. The van der Waals surface area contributed by atoms with Crippen LogP contribution in [0.15, 0.2) is 12.3 Å². The van der Waals surface area contributed by atoms with Crippen LogP contribution in [0.4, 0.5) is 5.82 Å². The molecule has 0 aromatic carbocycles. The number of carbonyl (C=O) groups is 2. The van der Waals surface area contributed by atoms with Gasteiger partial charge in [-0.05, 0) is 13.8 Å². The molecule has 0 aliphatic heterocycles. The largest absolute Gasteiger partial charge is 0.346 e. The predicted molar refractivity (Wildman–Crippen MR) is 63.3 cm³/mol. The second-order valence-electron chi connectivity index (χ2n) is 3.78. The molecule has 1 heterocycles. The topological polar surface area (TPSA) is 102 Å². The van der Waals surface area contributed by atoms with Gasteiger partial charge < -0.3 is 16.4 Å². The molecule has 0 aliphatic carbocycles. The molecular weight excluding hydrogens is 222 g/mol. The van der Waals surface area contributed by atoms with Crippen molar-refractivity contribution in [1.29, 1.82) is 0 Å². The van der Waals surface area contributed by atoms with E-state index >= 15 is 0 Å². The third-order valence-electron chi connectivity index (χ3n) is 2.06. The van der Waals surface area contributed by atoms with E-state index in [4.69, 9.17) is 5.73 Å². The van der Waals surface area contributed by atoms with Crippen LogP contribution in [0, 0.1) is 0 Å². The Morgan fingerprint density at radius 1 is 1.47 bits per heavy atom. The van der Waals surface area contributed by atoms with Crippen molar-refractivity contribution < 1.29 is 9.59 Å². The van der Waals surface area contributed by atoms with Crippen molar-refractivity contribution in [1.82, 2.24) is 15.1 Å². The van der Waals surface area contributed by atoms with Crippen molar-refractivity contribution in [2.75, 3.05) is 18.4 Å². The lowest BCUT2D eigenvalue weighted by atomic mass is 10.4. The van der Waals surface area contributed by atoms with Crippen LogP contribution >= 0.6 is 0 Å². The van der Waals surface area contributed by atoms with Crippen LogP contribution in [0.5, 0.6) is 0 Å². The van der Waals surface area contributed by atoms with Gasteiger partial charge in [-0.2, -0.15) is 5.10 Å². The van der Waals surface area contributed by atoms with Gasteiger partial charge in [0, 0.05) is 12.1 Å². The fraction of sp³-hybridized carbons (Fsp3) is 0.500. The number of aromatic nitrogens is 2. The molecule has 1 rings (SSSR count). The minimum atomic E-state index is -0.363. The summed E-state index contributed by atoms with van der Waals surface area (Å²) in [6, 6.07) is 1.85. The summed E-state index contributed by atoms with van der Waals surface area (Å²) in [6.07, 6.45) is 1.61. The number of amides is 2. The first-order valence-electron chi connectivity index (χ1n) is 5.34. The SMILES string of the molecule is CC(C)n1nccc1NC(=O)CNC(=O)CN. The van der Waals surface area contributed by atoms with E-state index in [1.807, 2.05) is 13.8 Å². The van der Waals surface area contributed by atoms with E-state index in [0.717, 1.165) is 0 Å². The summed E-state index contributed by atoms with van der Waals surface area (Å²) in [4.78, 5) is 22.4. The normalized spacial score (nSPS) is 10.4. The molecule has 0 atom stereocenters. The number of hydrogen-bond acceptors (Lipinski definition) is 4. The first kappa shape index (κ1) is 13.2. The van der Waals surface area contributed by atoms with Gasteiger partial charge in [0.1, 0.15) is 5.82 Å². The molecule has 0 unspecified atom stereocenters. The molecule has 17 heavy (non-hydrogen) atoms. The van der Waals surface area contributed by atoms with E-state index in [1.165, 1.54) is 0 Å². The van der Waals surface area contributed by atoms with Gasteiger partial charge in [0.25, 0.3) is 0 Å². The number of nitrogens with zero attached hydrogens (tertiary/aromatic N) is 2. The molecule has 0 bridgehead atoms. The average molecular weight is 239 g/mol. The van der Waals surface area contributed by atoms with Crippen molar-refractivity contribution in [3.8, 4) is 0 Å². The molecule has 7 heteroatoms. The monoisotopic (exact) mass is 239 g/mol. The van der Waals surface area contributed by atoms with Crippen LogP contribution in [0.1, 0.15) is 19.9 Å².